The minimum Gasteiger partial charge on any atom is -0.459 e. The molecule has 136 valence electrons. The smallest absolute Gasteiger partial charge is 0.287 e. The van der Waals surface area contributed by atoms with Crippen LogP contribution in [0.25, 0.3) is 11.0 Å². The highest BCUT2D eigenvalue weighted by Crippen LogP contribution is 2.23. The van der Waals surface area contributed by atoms with Gasteiger partial charge in [0.25, 0.3) is 5.91 Å². The van der Waals surface area contributed by atoms with Crippen molar-refractivity contribution in [3.8, 4) is 0 Å². The second-order valence-electron chi connectivity index (χ2n) is 6.70. The van der Waals surface area contributed by atoms with Crippen molar-refractivity contribution in [2.45, 2.75) is 26.4 Å². The molecule has 0 bridgehead atoms. The molecule has 1 N–H and O–H groups in total. The first-order chi connectivity index (χ1) is 13.1. The van der Waals surface area contributed by atoms with Crippen molar-refractivity contribution in [3.05, 3.63) is 89.6 Å². The molecule has 1 unspecified atom stereocenters. The number of amides is 1. The minimum absolute atomic E-state index is 0.249. The Morgan fingerprint density at radius 2 is 1.89 bits per heavy atom. The Balaban J connectivity index is 1.68. The Morgan fingerprint density at radius 1 is 1.11 bits per heavy atom. The van der Waals surface area contributed by atoms with Crippen LogP contribution < -0.4 is 5.32 Å². The molecule has 1 amide bonds. The Hall–Kier alpha value is -3.34. The Morgan fingerprint density at radius 3 is 2.63 bits per heavy atom. The van der Waals surface area contributed by atoms with Crippen LogP contribution in [0.4, 0.5) is 0 Å². The van der Waals surface area contributed by atoms with Gasteiger partial charge in [0.15, 0.2) is 5.76 Å². The van der Waals surface area contributed by atoms with Crippen LogP contribution in [-0.4, -0.2) is 15.5 Å². The summed E-state index contributed by atoms with van der Waals surface area (Å²) in [5.41, 5.74) is 4.38. The average molecular weight is 359 g/mol. The van der Waals surface area contributed by atoms with Gasteiger partial charge in [0, 0.05) is 6.54 Å². The number of carbonyl (C=O) groups is 1. The fourth-order valence-electron chi connectivity index (χ4n) is 3.21. The second kappa shape index (κ2) is 7.11. The van der Waals surface area contributed by atoms with Crippen LogP contribution in [-0.2, 0) is 6.54 Å². The zero-order chi connectivity index (χ0) is 18.8. The number of benzene rings is 2. The quantitative estimate of drug-likeness (QED) is 0.572. The van der Waals surface area contributed by atoms with Crippen LogP contribution in [0.5, 0.6) is 0 Å². The molecule has 0 fully saturated rings. The van der Waals surface area contributed by atoms with Gasteiger partial charge in [0.1, 0.15) is 5.82 Å². The number of hydrogen-bond acceptors (Lipinski definition) is 3. The third-order valence-corrected chi connectivity index (χ3v) is 4.63. The van der Waals surface area contributed by atoms with E-state index in [1.165, 1.54) is 17.4 Å². The fraction of sp³-hybridized carbons (Fsp3) is 0.182. The molecule has 1 atom stereocenters. The van der Waals surface area contributed by atoms with Gasteiger partial charge < -0.3 is 14.3 Å². The van der Waals surface area contributed by atoms with Crippen molar-refractivity contribution >= 4 is 16.9 Å². The maximum absolute atomic E-state index is 12.4. The summed E-state index contributed by atoms with van der Waals surface area (Å²) in [5, 5.41) is 2.98. The lowest BCUT2D eigenvalue weighted by Crippen LogP contribution is -2.28. The van der Waals surface area contributed by atoms with Crippen LogP contribution in [0.2, 0.25) is 0 Å². The molecule has 0 aliphatic heterocycles. The topological polar surface area (TPSA) is 60.1 Å². The maximum atomic E-state index is 12.4. The zero-order valence-electron chi connectivity index (χ0n) is 15.3. The van der Waals surface area contributed by atoms with Crippen molar-refractivity contribution in [3.63, 3.8) is 0 Å². The molecular weight excluding hydrogens is 338 g/mol. The predicted molar refractivity (Wildman–Crippen MR) is 105 cm³/mol. The molecule has 0 aliphatic carbocycles. The first-order valence-corrected chi connectivity index (χ1v) is 8.97. The Labute approximate surface area is 157 Å². The molecule has 27 heavy (non-hydrogen) atoms. The lowest BCUT2D eigenvalue weighted by atomic mass is 10.1. The van der Waals surface area contributed by atoms with E-state index in [0.29, 0.717) is 12.3 Å². The largest absolute Gasteiger partial charge is 0.459 e. The van der Waals surface area contributed by atoms with Crippen molar-refractivity contribution in [1.29, 1.82) is 0 Å². The van der Waals surface area contributed by atoms with E-state index in [0.717, 1.165) is 16.9 Å². The number of carbonyl (C=O) groups excluding carboxylic acids is 1. The lowest BCUT2D eigenvalue weighted by molar-refractivity contribution is 0.0909. The van der Waals surface area contributed by atoms with Crippen molar-refractivity contribution in [1.82, 2.24) is 14.9 Å². The van der Waals surface area contributed by atoms with Gasteiger partial charge in [-0.3, -0.25) is 4.79 Å². The third kappa shape index (κ3) is 3.49. The number of rotatable bonds is 5. The molecule has 0 saturated heterocycles. The first kappa shape index (κ1) is 17.1. The van der Waals surface area contributed by atoms with E-state index in [-0.39, 0.29) is 11.9 Å². The molecule has 0 spiro atoms. The summed E-state index contributed by atoms with van der Waals surface area (Å²) >= 11 is 0. The van der Waals surface area contributed by atoms with Gasteiger partial charge in [-0.25, -0.2) is 4.98 Å². The van der Waals surface area contributed by atoms with E-state index in [1.54, 1.807) is 12.1 Å². The highest BCUT2D eigenvalue weighted by Gasteiger charge is 2.20. The van der Waals surface area contributed by atoms with Gasteiger partial charge in [-0.2, -0.15) is 0 Å². The van der Waals surface area contributed by atoms with Crippen LogP contribution in [0, 0.1) is 6.92 Å². The highest BCUT2D eigenvalue weighted by atomic mass is 16.3. The number of para-hydroxylation sites is 2. The summed E-state index contributed by atoms with van der Waals surface area (Å²) in [6.07, 6.45) is 1.49. The predicted octanol–water partition coefficient (Wildman–Crippen LogP) is 4.48. The molecule has 4 aromatic rings. The first-order valence-electron chi connectivity index (χ1n) is 8.97. The van der Waals surface area contributed by atoms with Crippen LogP contribution in [0.3, 0.4) is 0 Å². The standard InChI is InChI=1S/C22H21N3O2/c1-15-9-11-17(12-10-15)14-25-19-7-4-3-6-18(19)24-21(25)16(2)23-22(26)20-8-5-13-27-20/h3-13,16H,14H2,1-2H3,(H,23,26). The third-order valence-electron chi connectivity index (χ3n) is 4.63. The number of hydrogen-bond donors (Lipinski definition) is 1. The molecule has 0 aliphatic rings. The van der Waals surface area contributed by atoms with Crippen LogP contribution in [0.15, 0.2) is 71.3 Å². The Bertz CT molecular complexity index is 1060. The van der Waals surface area contributed by atoms with E-state index in [9.17, 15) is 4.79 Å². The van der Waals surface area contributed by atoms with E-state index < -0.39 is 0 Å². The van der Waals surface area contributed by atoms with Crippen LogP contribution >= 0.6 is 0 Å². The highest BCUT2D eigenvalue weighted by molar-refractivity contribution is 5.91. The van der Waals surface area contributed by atoms with Gasteiger partial charge in [-0.15, -0.1) is 0 Å². The Kier molecular flexibility index (Phi) is 4.50. The van der Waals surface area contributed by atoms with Gasteiger partial charge in [0.05, 0.1) is 23.3 Å². The molecule has 4 rings (SSSR count). The second-order valence-corrected chi connectivity index (χ2v) is 6.70. The number of furan rings is 1. The molecule has 2 aromatic carbocycles. The zero-order valence-corrected chi connectivity index (χ0v) is 15.3. The van der Waals surface area contributed by atoms with E-state index in [2.05, 4.69) is 47.1 Å². The molecule has 2 heterocycles. The fourth-order valence-corrected chi connectivity index (χ4v) is 3.21. The van der Waals surface area contributed by atoms with Gasteiger partial charge in [-0.05, 0) is 43.7 Å². The molecule has 2 aromatic heterocycles. The molecule has 5 nitrogen and oxygen atoms in total. The van der Waals surface area contributed by atoms with Crippen LogP contribution in [0.1, 0.15) is 40.5 Å². The number of imidazole rings is 1. The number of aryl methyl sites for hydroxylation is 1. The number of aromatic nitrogens is 2. The van der Waals surface area contributed by atoms with Gasteiger partial charge >= 0.3 is 0 Å². The van der Waals surface area contributed by atoms with Crippen molar-refractivity contribution in [2.24, 2.45) is 0 Å². The summed E-state index contributed by atoms with van der Waals surface area (Å²) in [4.78, 5) is 17.1. The van der Waals surface area contributed by atoms with E-state index >= 15 is 0 Å². The molecule has 5 heteroatoms. The number of nitrogens with zero attached hydrogens (tertiary/aromatic N) is 2. The molecular formula is C22H21N3O2. The van der Waals surface area contributed by atoms with Gasteiger partial charge in [0.2, 0.25) is 0 Å². The van der Waals surface area contributed by atoms with Crippen molar-refractivity contribution < 1.29 is 9.21 Å². The summed E-state index contributed by atoms with van der Waals surface area (Å²) in [6, 6.07) is 19.6. The summed E-state index contributed by atoms with van der Waals surface area (Å²) in [5.74, 6) is 0.862. The molecule has 0 saturated carbocycles. The minimum atomic E-state index is -0.263. The number of fused-ring (bicyclic) bond motifs is 1. The summed E-state index contributed by atoms with van der Waals surface area (Å²) in [7, 11) is 0. The van der Waals surface area contributed by atoms with Crippen molar-refractivity contribution in [2.75, 3.05) is 0 Å². The lowest BCUT2D eigenvalue weighted by Gasteiger charge is -2.16. The monoisotopic (exact) mass is 359 g/mol. The van der Waals surface area contributed by atoms with E-state index in [1.807, 2.05) is 25.1 Å². The number of nitrogens with one attached hydrogen (secondary N) is 1. The SMILES string of the molecule is Cc1ccc(Cn2c(C(C)NC(=O)c3ccco3)nc3ccccc32)cc1. The summed E-state index contributed by atoms with van der Waals surface area (Å²) < 4.78 is 7.35. The summed E-state index contributed by atoms with van der Waals surface area (Å²) in [6.45, 7) is 4.71. The maximum Gasteiger partial charge on any atom is 0.287 e. The van der Waals surface area contributed by atoms with Gasteiger partial charge in [-0.1, -0.05) is 42.0 Å². The average Bonchev–Trinajstić information content (AvgIpc) is 3.32. The normalized spacial score (nSPS) is 12.2. The van der Waals surface area contributed by atoms with E-state index in [4.69, 9.17) is 9.40 Å². The molecule has 0 radical (unpaired) electrons.